The average Bonchev–Trinajstić information content (AvgIpc) is 2.49. The minimum absolute atomic E-state index is 0.0171. The van der Waals surface area contributed by atoms with E-state index in [-0.39, 0.29) is 17.6 Å². The molecule has 1 aliphatic heterocycles. The molecule has 0 unspecified atom stereocenters. The van der Waals surface area contributed by atoms with Gasteiger partial charge in [0.1, 0.15) is 5.15 Å². The minimum atomic E-state index is -0.337. The average molecular weight is 286 g/mol. The van der Waals surface area contributed by atoms with Gasteiger partial charge in [0.25, 0.3) is 5.91 Å². The summed E-state index contributed by atoms with van der Waals surface area (Å²) in [4.78, 5) is 14.4. The molecule has 1 amide bonds. The number of morpholine rings is 1. The van der Waals surface area contributed by atoms with Gasteiger partial charge in [0.2, 0.25) is 0 Å². The second-order valence-electron chi connectivity index (χ2n) is 5.75. The second-order valence-corrected chi connectivity index (χ2v) is 6.11. The first-order chi connectivity index (χ1) is 8.71. The molecule has 5 nitrogen and oxygen atoms in total. The molecule has 0 radical (unpaired) electrons. The van der Waals surface area contributed by atoms with E-state index in [0.717, 1.165) is 0 Å². The smallest absolute Gasteiger partial charge is 0.259 e. The third-order valence-corrected chi connectivity index (χ3v) is 3.66. The molecule has 0 saturated carbocycles. The first kappa shape index (κ1) is 14.3. The number of aromatic nitrogens is 2. The molecule has 1 saturated heterocycles. The van der Waals surface area contributed by atoms with Gasteiger partial charge in [0.15, 0.2) is 0 Å². The Balaban J connectivity index is 2.29. The number of hydrogen-bond donors (Lipinski definition) is 0. The fourth-order valence-electron chi connectivity index (χ4n) is 2.64. The lowest BCUT2D eigenvalue weighted by atomic mass is 10.0. The van der Waals surface area contributed by atoms with Gasteiger partial charge < -0.3 is 9.64 Å². The Labute approximate surface area is 118 Å². The molecule has 2 rings (SSSR count). The maximum absolute atomic E-state index is 12.6. The van der Waals surface area contributed by atoms with E-state index in [1.54, 1.807) is 18.9 Å². The molecule has 19 heavy (non-hydrogen) atoms. The molecule has 106 valence electrons. The zero-order chi connectivity index (χ0) is 14.4. The topological polar surface area (TPSA) is 47.4 Å². The highest BCUT2D eigenvalue weighted by molar-refractivity contribution is 6.33. The standard InChI is InChI=1S/C13H20ClN3O2/c1-8-6-17(7-13(3,4)19-8)12(18)10-9(2)15-16(5)11(10)14/h8H,6-7H2,1-5H3/t8-/m0/s1. The molecule has 0 spiro atoms. The van der Waals surface area contributed by atoms with Crippen LogP contribution in [-0.4, -0.2) is 45.4 Å². The summed E-state index contributed by atoms with van der Waals surface area (Å²) in [6.45, 7) is 8.88. The Morgan fingerprint density at radius 2 is 2.16 bits per heavy atom. The van der Waals surface area contributed by atoms with Crippen LogP contribution in [-0.2, 0) is 11.8 Å². The Morgan fingerprint density at radius 3 is 2.63 bits per heavy atom. The molecule has 0 N–H and O–H groups in total. The van der Waals surface area contributed by atoms with E-state index < -0.39 is 0 Å². The van der Waals surface area contributed by atoms with Crippen molar-refractivity contribution in [3.8, 4) is 0 Å². The van der Waals surface area contributed by atoms with Crippen LogP contribution >= 0.6 is 11.6 Å². The van der Waals surface area contributed by atoms with Crippen LogP contribution < -0.4 is 0 Å². The quantitative estimate of drug-likeness (QED) is 0.793. The molecule has 1 aromatic rings. The lowest BCUT2D eigenvalue weighted by Gasteiger charge is -2.41. The van der Waals surface area contributed by atoms with Crippen LogP contribution in [0.3, 0.4) is 0 Å². The van der Waals surface area contributed by atoms with Crippen LogP contribution in [0.25, 0.3) is 0 Å². The summed E-state index contributed by atoms with van der Waals surface area (Å²) < 4.78 is 7.33. The van der Waals surface area contributed by atoms with E-state index in [1.807, 2.05) is 20.8 Å². The number of carbonyl (C=O) groups excluding carboxylic acids is 1. The van der Waals surface area contributed by atoms with Gasteiger partial charge in [-0.3, -0.25) is 9.48 Å². The van der Waals surface area contributed by atoms with Gasteiger partial charge >= 0.3 is 0 Å². The number of aryl methyl sites for hydroxylation is 2. The number of nitrogens with zero attached hydrogens (tertiary/aromatic N) is 3. The first-order valence-electron chi connectivity index (χ1n) is 6.37. The minimum Gasteiger partial charge on any atom is -0.369 e. The largest absolute Gasteiger partial charge is 0.369 e. The summed E-state index contributed by atoms with van der Waals surface area (Å²) >= 11 is 6.16. The molecule has 1 atom stereocenters. The van der Waals surface area contributed by atoms with Crippen LogP contribution in [0.15, 0.2) is 0 Å². The monoisotopic (exact) mass is 285 g/mol. The molecule has 1 aliphatic rings. The normalized spacial score (nSPS) is 22.6. The van der Waals surface area contributed by atoms with E-state index in [2.05, 4.69) is 5.10 Å². The van der Waals surface area contributed by atoms with Crippen LogP contribution in [0.4, 0.5) is 0 Å². The Morgan fingerprint density at radius 1 is 1.53 bits per heavy atom. The van der Waals surface area contributed by atoms with Crippen molar-refractivity contribution in [2.45, 2.75) is 39.4 Å². The van der Waals surface area contributed by atoms with E-state index in [4.69, 9.17) is 16.3 Å². The second kappa shape index (κ2) is 4.80. The summed E-state index contributed by atoms with van der Waals surface area (Å²) in [5.41, 5.74) is 0.819. The van der Waals surface area contributed by atoms with Gasteiger partial charge in [-0.2, -0.15) is 5.10 Å². The molecule has 1 fully saturated rings. The first-order valence-corrected chi connectivity index (χ1v) is 6.75. The SMILES string of the molecule is Cc1nn(C)c(Cl)c1C(=O)N1C[C@H](C)OC(C)(C)C1. The van der Waals surface area contributed by atoms with Gasteiger partial charge in [-0.1, -0.05) is 11.6 Å². The van der Waals surface area contributed by atoms with Crippen molar-refractivity contribution < 1.29 is 9.53 Å². The summed E-state index contributed by atoms with van der Waals surface area (Å²) in [6, 6.07) is 0. The molecule has 0 aliphatic carbocycles. The predicted molar refractivity (Wildman–Crippen MR) is 73.5 cm³/mol. The van der Waals surface area contributed by atoms with Crippen LogP contribution in [0, 0.1) is 6.92 Å². The molecule has 2 heterocycles. The van der Waals surface area contributed by atoms with Crippen LogP contribution in [0.2, 0.25) is 5.15 Å². The zero-order valence-corrected chi connectivity index (χ0v) is 12.8. The highest BCUT2D eigenvalue weighted by atomic mass is 35.5. The van der Waals surface area contributed by atoms with Crippen molar-refractivity contribution in [3.05, 3.63) is 16.4 Å². The predicted octanol–water partition coefficient (Wildman–Crippen LogP) is 2.02. The highest BCUT2D eigenvalue weighted by Crippen LogP contribution is 2.26. The van der Waals surface area contributed by atoms with Crippen molar-refractivity contribution in [1.82, 2.24) is 14.7 Å². The number of ether oxygens (including phenoxy) is 1. The van der Waals surface area contributed by atoms with Crippen molar-refractivity contribution in [3.63, 3.8) is 0 Å². The fourth-order valence-corrected chi connectivity index (χ4v) is 2.89. The Bertz CT molecular complexity index is 510. The number of halogens is 1. The van der Waals surface area contributed by atoms with E-state index in [0.29, 0.717) is 29.5 Å². The summed E-state index contributed by atoms with van der Waals surface area (Å²) in [5, 5.41) is 4.58. The maximum atomic E-state index is 12.6. The Hall–Kier alpha value is -1.07. The Kier molecular flexibility index (Phi) is 3.62. The van der Waals surface area contributed by atoms with Crippen molar-refractivity contribution >= 4 is 17.5 Å². The fraction of sp³-hybridized carbons (Fsp3) is 0.692. The summed E-state index contributed by atoms with van der Waals surface area (Å²) in [6.07, 6.45) is 0.0171. The zero-order valence-electron chi connectivity index (χ0n) is 12.0. The maximum Gasteiger partial charge on any atom is 0.259 e. The molecule has 6 heteroatoms. The number of rotatable bonds is 1. The summed E-state index contributed by atoms with van der Waals surface area (Å²) in [7, 11) is 1.73. The van der Waals surface area contributed by atoms with Crippen LogP contribution in [0.5, 0.6) is 0 Å². The number of amides is 1. The van der Waals surface area contributed by atoms with Gasteiger partial charge in [-0.15, -0.1) is 0 Å². The van der Waals surface area contributed by atoms with E-state index in [9.17, 15) is 4.79 Å². The van der Waals surface area contributed by atoms with Gasteiger partial charge in [0, 0.05) is 20.1 Å². The van der Waals surface area contributed by atoms with Gasteiger partial charge in [0.05, 0.1) is 23.0 Å². The lowest BCUT2D eigenvalue weighted by Crippen LogP contribution is -2.53. The van der Waals surface area contributed by atoms with Crippen molar-refractivity contribution in [2.75, 3.05) is 13.1 Å². The van der Waals surface area contributed by atoms with E-state index in [1.165, 1.54) is 4.68 Å². The summed E-state index contributed by atoms with van der Waals surface area (Å²) in [5.74, 6) is -0.0705. The van der Waals surface area contributed by atoms with Crippen LogP contribution in [0.1, 0.15) is 36.8 Å². The number of carbonyl (C=O) groups is 1. The number of hydrogen-bond acceptors (Lipinski definition) is 3. The van der Waals surface area contributed by atoms with Gasteiger partial charge in [-0.05, 0) is 27.7 Å². The third kappa shape index (κ3) is 2.77. The van der Waals surface area contributed by atoms with Gasteiger partial charge in [-0.25, -0.2) is 0 Å². The van der Waals surface area contributed by atoms with Crippen molar-refractivity contribution in [1.29, 1.82) is 0 Å². The molecule has 1 aromatic heterocycles. The molecular weight excluding hydrogens is 266 g/mol. The highest BCUT2D eigenvalue weighted by Gasteiger charge is 2.35. The molecular formula is C13H20ClN3O2. The third-order valence-electron chi connectivity index (χ3n) is 3.22. The van der Waals surface area contributed by atoms with E-state index >= 15 is 0 Å². The lowest BCUT2D eigenvalue weighted by molar-refractivity contribution is -0.118. The molecule has 0 aromatic carbocycles. The van der Waals surface area contributed by atoms with Crippen molar-refractivity contribution in [2.24, 2.45) is 7.05 Å². The molecule has 0 bridgehead atoms.